The fraction of sp³-hybridized carbons (Fsp3) is 0.417. The first-order valence-electron chi connectivity index (χ1n) is 11.9. The van der Waals surface area contributed by atoms with Crippen LogP contribution in [0.25, 0.3) is 11.2 Å². The van der Waals surface area contributed by atoms with Gasteiger partial charge in [0.2, 0.25) is 11.9 Å². The van der Waals surface area contributed by atoms with E-state index >= 15 is 0 Å². The molecule has 35 heavy (non-hydrogen) atoms. The van der Waals surface area contributed by atoms with E-state index in [4.69, 9.17) is 20.2 Å². The van der Waals surface area contributed by atoms with Crippen LogP contribution in [0.1, 0.15) is 0 Å². The van der Waals surface area contributed by atoms with Crippen molar-refractivity contribution in [2.24, 2.45) is 23.0 Å². The molecule has 3 aromatic rings. The molecule has 1 aromatic carbocycles. The van der Waals surface area contributed by atoms with Gasteiger partial charge in [0.1, 0.15) is 17.9 Å². The Kier molecular flexibility index (Phi) is 4.37. The summed E-state index contributed by atoms with van der Waals surface area (Å²) < 4.78 is 11.4. The second-order valence-electron chi connectivity index (χ2n) is 9.52. The highest BCUT2D eigenvalue weighted by Gasteiger charge is 3.02. The number of fused-ring (bicyclic) bond motifs is 1. The summed E-state index contributed by atoms with van der Waals surface area (Å²) in [5.41, 5.74) is 6.90. The van der Waals surface area contributed by atoms with E-state index in [-0.39, 0.29) is 23.3 Å². The molecular formula is C24H26N8O3. The molecule has 0 radical (unpaired) electrons. The fourth-order valence-corrected chi connectivity index (χ4v) is 6.08. The first kappa shape index (κ1) is 20.7. The molecular weight excluding hydrogens is 448 g/mol. The lowest BCUT2D eigenvalue weighted by Gasteiger charge is -2.26. The molecule has 11 heteroatoms. The number of carbonyl (C=O) groups is 1. The predicted molar refractivity (Wildman–Crippen MR) is 128 cm³/mol. The van der Waals surface area contributed by atoms with Gasteiger partial charge in [0.05, 0.1) is 30.5 Å². The molecule has 2 saturated carbocycles. The van der Waals surface area contributed by atoms with Crippen LogP contribution in [0, 0.1) is 17.3 Å². The molecule has 8 rings (SSSR count). The Balaban J connectivity index is 1.07. The molecule has 180 valence electrons. The van der Waals surface area contributed by atoms with E-state index in [9.17, 15) is 4.79 Å². The summed E-state index contributed by atoms with van der Waals surface area (Å²) in [5, 5.41) is 6.78. The number of carbonyl (C=O) groups excluding carboxylic acids is 1. The number of anilines is 3. The van der Waals surface area contributed by atoms with Crippen molar-refractivity contribution < 1.29 is 14.3 Å². The van der Waals surface area contributed by atoms with Gasteiger partial charge in [0, 0.05) is 43.2 Å². The predicted octanol–water partition coefficient (Wildman–Crippen LogP) is 1.26. The lowest BCUT2D eigenvalue weighted by atomic mass is 10.0. The number of imidazole rings is 1. The van der Waals surface area contributed by atoms with Gasteiger partial charge in [-0.1, -0.05) is 18.2 Å². The Morgan fingerprint density at radius 2 is 2.09 bits per heavy atom. The number of nitrogens with zero attached hydrogens (tertiary/aromatic N) is 4. The number of nitrogens with two attached hydrogens (primary N) is 1. The Labute approximate surface area is 201 Å². The maximum Gasteiger partial charge on any atom is 0.231 e. The second kappa shape index (κ2) is 7.40. The van der Waals surface area contributed by atoms with Gasteiger partial charge in [-0.15, -0.1) is 0 Å². The van der Waals surface area contributed by atoms with E-state index in [2.05, 4.69) is 42.6 Å². The van der Waals surface area contributed by atoms with E-state index in [0.29, 0.717) is 29.5 Å². The molecule has 4 aliphatic carbocycles. The Morgan fingerprint density at radius 1 is 1.26 bits per heavy atom. The number of hydrogen-bond acceptors (Lipinski definition) is 9. The van der Waals surface area contributed by atoms with E-state index in [1.165, 1.54) is 0 Å². The number of benzene rings is 1. The number of hydrogen-bond donors (Lipinski definition) is 4. The molecule has 5 aliphatic rings. The highest BCUT2D eigenvalue weighted by Crippen LogP contribution is 2.91. The summed E-state index contributed by atoms with van der Waals surface area (Å²) in [6.07, 6.45) is 5.75. The molecule has 2 aromatic heterocycles. The smallest absolute Gasteiger partial charge is 0.231 e. The average molecular weight is 475 g/mol. The molecule has 0 unspecified atom stereocenters. The first-order valence-corrected chi connectivity index (χ1v) is 11.9. The van der Waals surface area contributed by atoms with Crippen LogP contribution in [-0.2, 0) is 9.53 Å². The summed E-state index contributed by atoms with van der Waals surface area (Å²) >= 11 is 0. The van der Waals surface area contributed by atoms with Crippen LogP contribution >= 0.6 is 0 Å². The van der Waals surface area contributed by atoms with Crippen molar-refractivity contribution in [1.29, 1.82) is 0 Å². The Morgan fingerprint density at radius 3 is 2.86 bits per heavy atom. The maximum atomic E-state index is 12.2. The molecule has 0 spiro atoms. The normalized spacial score (nSPS) is 30.2. The molecule has 2 bridgehead atoms. The van der Waals surface area contributed by atoms with Gasteiger partial charge >= 0.3 is 0 Å². The summed E-state index contributed by atoms with van der Waals surface area (Å²) in [4.78, 5) is 31.2. The zero-order valence-electron chi connectivity index (χ0n) is 19.0. The summed E-state index contributed by atoms with van der Waals surface area (Å²) in [7, 11) is 0. The van der Waals surface area contributed by atoms with Crippen molar-refractivity contribution in [2.45, 2.75) is 5.54 Å². The van der Waals surface area contributed by atoms with E-state index < -0.39 is 5.41 Å². The third kappa shape index (κ3) is 2.91. The van der Waals surface area contributed by atoms with Gasteiger partial charge < -0.3 is 30.8 Å². The number of aromatic amines is 1. The number of aromatic nitrogens is 4. The van der Waals surface area contributed by atoms with Crippen LogP contribution in [0.15, 0.2) is 42.7 Å². The second-order valence-corrected chi connectivity index (χ2v) is 9.52. The molecule has 3 fully saturated rings. The summed E-state index contributed by atoms with van der Waals surface area (Å²) in [6, 6.07) is 7.72. The standard InChI is InChI=1S/C24H26N8O3/c25-21(33)23-16-4-5-17(23)24(16,23)31-20-18-19(27-13-26-18)29-22(30-20)28-14-2-1-3-15(12-14)35-11-8-32-6-9-34-10-7-32/h1-5,12-13,16-17H,6-11H2,(H2,25,33)(H3,26,27,28,29,30,31)/t16-,17-,23?,24?/m1/s1. The largest absolute Gasteiger partial charge is 0.492 e. The van der Waals surface area contributed by atoms with E-state index in [1.54, 1.807) is 6.33 Å². The van der Waals surface area contributed by atoms with Crippen LogP contribution in [0.4, 0.5) is 17.5 Å². The van der Waals surface area contributed by atoms with Crippen molar-refractivity contribution in [3.05, 3.63) is 42.7 Å². The van der Waals surface area contributed by atoms with Crippen LogP contribution in [0.2, 0.25) is 0 Å². The van der Waals surface area contributed by atoms with Gasteiger partial charge in [-0.3, -0.25) is 9.69 Å². The highest BCUT2D eigenvalue weighted by molar-refractivity contribution is 6.00. The van der Waals surface area contributed by atoms with Crippen LogP contribution < -0.4 is 21.1 Å². The number of H-pyrrole nitrogens is 1. The SMILES string of the molecule is NC(=O)C12[C@H]3C=C[C@H]1C32Nc1nc(Nc2cccc(OCCN3CCOCC3)c2)nc2nc[nH]c12. The van der Waals surface area contributed by atoms with E-state index in [1.807, 2.05) is 24.3 Å². The fourth-order valence-electron chi connectivity index (χ4n) is 6.08. The van der Waals surface area contributed by atoms with Crippen molar-refractivity contribution in [3.63, 3.8) is 0 Å². The van der Waals surface area contributed by atoms with E-state index in [0.717, 1.165) is 44.3 Å². The average Bonchev–Trinajstić information content (AvgIpc) is 3.29. The van der Waals surface area contributed by atoms with Gasteiger partial charge in [0.15, 0.2) is 11.5 Å². The Bertz CT molecular complexity index is 1330. The lowest BCUT2D eigenvalue weighted by Crippen LogP contribution is -2.38. The van der Waals surface area contributed by atoms with Crippen molar-refractivity contribution in [1.82, 2.24) is 24.8 Å². The molecule has 1 aliphatic heterocycles. The van der Waals surface area contributed by atoms with Crippen LogP contribution in [0.3, 0.4) is 0 Å². The number of ether oxygens (including phenoxy) is 2. The molecule has 11 nitrogen and oxygen atoms in total. The molecule has 1 saturated heterocycles. The molecule has 2 atom stereocenters. The number of primary amides is 1. The van der Waals surface area contributed by atoms with Crippen molar-refractivity contribution in [3.8, 4) is 5.75 Å². The number of amides is 1. The highest BCUT2D eigenvalue weighted by atomic mass is 16.5. The lowest BCUT2D eigenvalue weighted by molar-refractivity contribution is -0.121. The van der Waals surface area contributed by atoms with Gasteiger partial charge in [-0.2, -0.15) is 9.97 Å². The zero-order chi connectivity index (χ0) is 23.6. The quantitative estimate of drug-likeness (QED) is 0.337. The number of morpholine rings is 1. The number of rotatable bonds is 9. The molecule has 3 heterocycles. The minimum atomic E-state index is -0.509. The van der Waals surface area contributed by atoms with Crippen LogP contribution in [-0.4, -0.2) is 75.7 Å². The van der Waals surface area contributed by atoms with Gasteiger partial charge in [-0.05, 0) is 12.1 Å². The third-order valence-corrected chi connectivity index (χ3v) is 7.86. The zero-order valence-corrected chi connectivity index (χ0v) is 19.0. The summed E-state index contributed by atoms with van der Waals surface area (Å²) in [5.74, 6) is 1.75. The third-order valence-electron chi connectivity index (χ3n) is 7.86. The van der Waals surface area contributed by atoms with Gasteiger partial charge in [-0.25, -0.2) is 4.98 Å². The van der Waals surface area contributed by atoms with Crippen LogP contribution in [0.5, 0.6) is 5.75 Å². The minimum absolute atomic E-state index is 0.119. The summed E-state index contributed by atoms with van der Waals surface area (Å²) in [6.45, 7) is 4.90. The van der Waals surface area contributed by atoms with Gasteiger partial charge in [0.25, 0.3) is 0 Å². The van der Waals surface area contributed by atoms with Crippen molar-refractivity contribution >= 4 is 34.5 Å². The monoisotopic (exact) mass is 474 g/mol. The number of nitrogens with one attached hydrogen (secondary N) is 3. The maximum absolute atomic E-state index is 12.2. The van der Waals surface area contributed by atoms with Crippen molar-refractivity contribution in [2.75, 3.05) is 50.1 Å². The molecule has 1 amide bonds. The Hall–Kier alpha value is -3.70. The minimum Gasteiger partial charge on any atom is -0.492 e. The topological polar surface area (TPSA) is 143 Å². The molecule has 5 N–H and O–H groups in total. The first-order chi connectivity index (χ1) is 17.1.